The number of hydrogen-bond acceptors (Lipinski definition) is 5. The molecule has 0 aliphatic rings. The number of methoxy groups -OCH3 is 2. The first-order valence-corrected chi connectivity index (χ1v) is 17.4. The minimum atomic E-state index is 0.699. The van der Waals surface area contributed by atoms with Crippen LogP contribution in [0.2, 0.25) is 0 Å². The van der Waals surface area contributed by atoms with E-state index in [4.69, 9.17) is 9.47 Å². The van der Waals surface area contributed by atoms with E-state index in [0.717, 1.165) is 52.9 Å². The number of benzene rings is 6. The Kier molecular flexibility index (Phi) is 16.3. The number of hydrogen-bond donors (Lipinski definition) is 0. The van der Waals surface area contributed by atoms with E-state index in [-0.39, 0.29) is 0 Å². The van der Waals surface area contributed by atoms with Crippen LogP contribution in [-0.4, -0.2) is 31.4 Å². The smallest absolute Gasteiger partial charge is 0.127 e. The molecule has 0 aliphatic carbocycles. The van der Waals surface area contributed by atoms with E-state index < -0.39 is 0 Å². The Bertz CT molecular complexity index is 1970. The van der Waals surface area contributed by atoms with E-state index >= 15 is 0 Å². The quantitative estimate of drug-likeness (QED) is 0.127. The maximum Gasteiger partial charge on any atom is 0.127 e. The fraction of sp³-hybridized carbons (Fsp3) is 0.170. The van der Waals surface area contributed by atoms with Crippen LogP contribution in [0.3, 0.4) is 0 Å². The second-order valence-electron chi connectivity index (χ2n) is 12.0. The molecule has 0 unspecified atom stereocenters. The molecule has 6 aromatic carbocycles. The Hall–Kier alpha value is -6.07. The third-order valence-corrected chi connectivity index (χ3v) is 8.22. The van der Waals surface area contributed by atoms with Gasteiger partial charge in [0.25, 0.3) is 0 Å². The lowest BCUT2D eigenvalue weighted by atomic mass is 10.1. The molecule has 0 heterocycles. The van der Waals surface area contributed by atoms with Crippen LogP contribution in [0.15, 0.2) is 185 Å². The minimum Gasteiger partial charge on any atom is -0.497 e. The van der Waals surface area contributed by atoms with Crippen molar-refractivity contribution in [1.82, 2.24) is 0 Å². The topological polar surface area (TPSA) is 55.5 Å². The summed E-state index contributed by atoms with van der Waals surface area (Å²) in [6.45, 7) is 8.27. The highest BCUT2D eigenvalue weighted by Crippen LogP contribution is 2.19. The van der Waals surface area contributed by atoms with Crippen molar-refractivity contribution < 1.29 is 9.47 Å². The standard InChI is InChI=1S/2C16H17NO.C15H15N/c1-13(15-10-6-7-11-16(15)18-2)17-12-14-8-4-3-5-9-14;1-13(15-8-10-16(18-2)11-9-15)17-12-14-6-4-3-5-7-14;1-13(15-10-6-3-7-11-15)16-12-14-8-4-2-5-9-14/h2*3-11H,12H2,1-2H3;2-11H,12H2,1H3. The van der Waals surface area contributed by atoms with Gasteiger partial charge in [-0.1, -0.05) is 133 Å². The van der Waals surface area contributed by atoms with E-state index in [1.165, 1.54) is 22.3 Å². The average Bonchev–Trinajstić information content (AvgIpc) is 3.23. The predicted octanol–water partition coefficient (Wildman–Crippen LogP) is 11.1. The van der Waals surface area contributed by atoms with Crippen LogP contribution in [0.5, 0.6) is 11.5 Å². The Labute approximate surface area is 310 Å². The van der Waals surface area contributed by atoms with E-state index in [1.54, 1.807) is 14.2 Å². The summed E-state index contributed by atoms with van der Waals surface area (Å²) in [5.74, 6) is 1.74. The van der Waals surface area contributed by atoms with Gasteiger partial charge in [0.2, 0.25) is 0 Å². The minimum absolute atomic E-state index is 0.699. The molecule has 0 radical (unpaired) electrons. The lowest BCUT2D eigenvalue weighted by Crippen LogP contribution is -1.99. The third kappa shape index (κ3) is 13.3. The second kappa shape index (κ2) is 21.9. The molecule has 0 saturated heterocycles. The third-order valence-electron chi connectivity index (χ3n) is 8.22. The van der Waals surface area contributed by atoms with Crippen LogP contribution in [0.1, 0.15) is 54.2 Å². The van der Waals surface area contributed by atoms with E-state index in [2.05, 4.69) is 70.4 Å². The van der Waals surface area contributed by atoms with Crippen molar-refractivity contribution in [3.8, 4) is 11.5 Å². The molecule has 5 heteroatoms. The Morgan fingerprint density at radius 2 is 0.750 bits per heavy atom. The lowest BCUT2D eigenvalue weighted by molar-refractivity contribution is 0.414. The van der Waals surface area contributed by atoms with Crippen molar-refractivity contribution in [1.29, 1.82) is 0 Å². The van der Waals surface area contributed by atoms with E-state index in [9.17, 15) is 0 Å². The molecule has 0 atom stereocenters. The van der Waals surface area contributed by atoms with Gasteiger partial charge >= 0.3 is 0 Å². The summed E-state index contributed by atoms with van der Waals surface area (Å²) in [5.41, 5.74) is 10.2. The van der Waals surface area contributed by atoms with E-state index in [1.807, 2.05) is 135 Å². The van der Waals surface area contributed by atoms with Crippen LogP contribution >= 0.6 is 0 Å². The van der Waals surface area contributed by atoms with Crippen LogP contribution < -0.4 is 9.47 Å². The Balaban J connectivity index is 0.000000175. The van der Waals surface area contributed by atoms with Gasteiger partial charge < -0.3 is 9.47 Å². The first kappa shape index (κ1) is 38.7. The van der Waals surface area contributed by atoms with Gasteiger partial charge in [-0.3, -0.25) is 15.0 Å². The number of ether oxygens (including phenoxy) is 2. The summed E-state index contributed by atoms with van der Waals surface area (Å²) in [7, 11) is 3.36. The lowest BCUT2D eigenvalue weighted by Gasteiger charge is -2.07. The molecule has 0 saturated carbocycles. The van der Waals surface area contributed by atoms with Crippen LogP contribution in [-0.2, 0) is 19.6 Å². The first-order valence-electron chi connectivity index (χ1n) is 17.4. The molecule has 0 spiro atoms. The van der Waals surface area contributed by atoms with Gasteiger partial charge in [0.1, 0.15) is 11.5 Å². The Morgan fingerprint density at radius 3 is 1.17 bits per heavy atom. The molecule has 0 fully saturated rings. The zero-order valence-corrected chi connectivity index (χ0v) is 30.9. The highest BCUT2D eigenvalue weighted by Gasteiger charge is 2.04. The predicted molar refractivity (Wildman–Crippen MR) is 220 cm³/mol. The van der Waals surface area contributed by atoms with Crippen LogP contribution in [0.4, 0.5) is 0 Å². The van der Waals surface area contributed by atoms with Gasteiger partial charge in [0.15, 0.2) is 0 Å². The molecule has 0 bridgehead atoms. The molecule has 5 nitrogen and oxygen atoms in total. The molecule has 0 aliphatic heterocycles. The molecule has 6 aromatic rings. The maximum atomic E-state index is 5.34. The summed E-state index contributed by atoms with van der Waals surface area (Å²) in [4.78, 5) is 13.8. The van der Waals surface area contributed by atoms with Gasteiger partial charge in [0.05, 0.1) is 33.9 Å². The van der Waals surface area contributed by atoms with Crippen molar-refractivity contribution in [2.45, 2.75) is 40.4 Å². The van der Waals surface area contributed by atoms with Gasteiger partial charge in [0, 0.05) is 22.7 Å². The zero-order valence-electron chi connectivity index (χ0n) is 30.9. The number of nitrogens with zero attached hydrogens (tertiary/aromatic N) is 3. The van der Waals surface area contributed by atoms with Gasteiger partial charge in [-0.25, -0.2) is 0 Å². The maximum absolute atomic E-state index is 5.34. The molecule has 52 heavy (non-hydrogen) atoms. The van der Waals surface area contributed by atoms with Crippen molar-refractivity contribution in [2.24, 2.45) is 15.0 Å². The highest BCUT2D eigenvalue weighted by atomic mass is 16.5. The number of para-hydroxylation sites is 1. The summed E-state index contributed by atoms with van der Waals surface area (Å²) in [5, 5.41) is 0. The average molecular weight is 688 g/mol. The molecule has 6 rings (SSSR count). The monoisotopic (exact) mass is 687 g/mol. The molecule has 0 amide bonds. The van der Waals surface area contributed by atoms with Gasteiger partial charge in [-0.2, -0.15) is 0 Å². The SMILES string of the molecule is CC(=NCc1ccccc1)c1ccccc1.COc1ccc(C(C)=NCc2ccccc2)cc1.COc1ccccc1C(C)=NCc1ccccc1. The van der Waals surface area contributed by atoms with Crippen LogP contribution in [0.25, 0.3) is 0 Å². The van der Waals surface area contributed by atoms with Crippen molar-refractivity contribution in [2.75, 3.05) is 14.2 Å². The summed E-state index contributed by atoms with van der Waals surface area (Å²) < 4.78 is 10.5. The van der Waals surface area contributed by atoms with Crippen molar-refractivity contribution >= 4 is 17.1 Å². The number of aliphatic imine (C=N–C) groups is 3. The fourth-order valence-corrected chi connectivity index (χ4v) is 5.10. The number of rotatable bonds is 11. The van der Waals surface area contributed by atoms with Crippen molar-refractivity contribution in [3.63, 3.8) is 0 Å². The summed E-state index contributed by atoms with van der Waals surface area (Å²) >= 11 is 0. The second-order valence-corrected chi connectivity index (χ2v) is 12.0. The molecular weight excluding hydrogens is 639 g/mol. The molecule has 0 N–H and O–H groups in total. The largest absolute Gasteiger partial charge is 0.497 e. The van der Waals surface area contributed by atoms with E-state index in [0.29, 0.717) is 6.54 Å². The fourth-order valence-electron chi connectivity index (χ4n) is 5.10. The van der Waals surface area contributed by atoms with Crippen molar-refractivity contribution in [3.05, 3.63) is 203 Å². The van der Waals surface area contributed by atoms with Gasteiger partial charge in [-0.15, -0.1) is 0 Å². The Morgan fingerprint density at radius 1 is 0.385 bits per heavy atom. The molecular formula is C47H49N3O2. The molecule has 264 valence electrons. The normalized spacial score (nSPS) is 11.4. The first-order chi connectivity index (χ1) is 25.5. The zero-order chi connectivity index (χ0) is 36.8. The summed E-state index contributed by atoms with van der Waals surface area (Å²) in [6, 6.07) is 57.0. The highest BCUT2D eigenvalue weighted by molar-refractivity contribution is 6.01. The van der Waals surface area contributed by atoms with Gasteiger partial charge in [-0.05, 0) is 85.0 Å². The van der Waals surface area contributed by atoms with Crippen LogP contribution in [0, 0.1) is 0 Å². The molecule has 0 aromatic heterocycles. The summed E-state index contributed by atoms with van der Waals surface area (Å²) in [6.07, 6.45) is 0.